The standard InChI is InChI=1S/C26H46N2O2/c1-2-3-4-5-6-8-11-17-25(29)18-12-9-7-10-13-19-26(30)28-22-24-16-14-15-23(20-24)21-27/h14-16,20,25,29H,2-13,17-19,21-22,27H2,1H3,(H,28,30). The van der Waals surface area contributed by atoms with Gasteiger partial charge in [-0.2, -0.15) is 0 Å². The average molecular weight is 419 g/mol. The minimum Gasteiger partial charge on any atom is -0.393 e. The van der Waals surface area contributed by atoms with Crippen LogP contribution in [0.25, 0.3) is 0 Å². The lowest BCUT2D eigenvalue weighted by molar-refractivity contribution is -0.121. The molecule has 0 bridgehead atoms. The smallest absolute Gasteiger partial charge is 0.220 e. The van der Waals surface area contributed by atoms with Crippen molar-refractivity contribution in [1.82, 2.24) is 5.32 Å². The van der Waals surface area contributed by atoms with Crippen LogP contribution in [0.4, 0.5) is 0 Å². The molecule has 4 nitrogen and oxygen atoms in total. The van der Waals surface area contributed by atoms with Gasteiger partial charge in [0.25, 0.3) is 0 Å². The van der Waals surface area contributed by atoms with Gasteiger partial charge in [0.2, 0.25) is 5.91 Å². The lowest BCUT2D eigenvalue weighted by Gasteiger charge is -2.10. The van der Waals surface area contributed by atoms with E-state index >= 15 is 0 Å². The highest BCUT2D eigenvalue weighted by Gasteiger charge is 2.05. The lowest BCUT2D eigenvalue weighted by Crippen LogP contribution is -2.22. The minimum atomic E-state index is -0.121. The first-order chi connectivity index (χ1) is 14.7. The highest BCUT2D eigenvalue weighted by atomic mass is 16.3. The summed E-state index contributed by atoms with van der Waals surface area (Å²) >= 11 is 0. The minimum absolute atomic E-state index is 0.121. The number of hydrogen-bond acceptors (Lipinski definition) is 3. The Bertz CT molecular complexity index is 548. The fourth-order valence-electron chi connectivity index (χ4n) is 3.83. The van der Waals surface area contributed by atoms with Crippen LogP contribution in [0.5, 0.6) is 0 Å². The van der Waals surface area contributed by atoms with Crippen molar-refractivity contribution < 1.29 is 9.90 Å². The van der Waals surface area contributed by atoms with Crippen molar-refractivity contribution in [2.75, 3.05) is 0 Å². The van der Waals surface area contributed by atoms with Crippen LogP contribution in [0.15, 0.2) is 24.3 Å². The molecule has 1 amide bonds. The summed E-state index contributed by atoms with van der Waals surface area (Å²) in [5.74, 6) is 0.123. The third kappa shape index (κ3) is 14.6. The van der Waals surface area contributed by atoms with Gasteiger partial charge in [-0.3, -0.25) is 4.79 Å². The van der Waals surface area contributed by atoms with E-state index in [0.717, 1.165) is 56.1 Å². The van der Waals surface area contributed by atoms with Gasteiger partial charge in [0, 0.05) is 19.5 Å². The zero-order chi connectivity index (χ0) is 21.9. The van der Waals surface area contributed by atoms with Crippen LogP contribution in [0.1, 0.15) is 114 Å². The molecule has 4 N–H and O–H groups in total. The molecule has 0 aliphatic rings. The van der Waals surface area contributed by atoms with Crippen molar-refractivity contribution >= 4 is 5.91 Å². The van der Waals surface area contributed by atoms with E-state index in [1.54, 1.807) is 0 Å². The molecule has 0 aliphatic carbocycles. The number of hydrogen-bond donors (Lipinski definition) is 3. The van der Waals surface area contributed by atoms with Crippen LogP contribution in [-0.4, -0.2) is 17.1 Å². The van der Waals surface area contributed by atoms with Crippen LogP contribution in [0.2, 0.25) is 0 Å². The molecule has 0 spiro atoms. The van der Waals surface area contributed by atoms with Gasteiger partial charge in [0.1, 0.15) is 0 Å². The quantitative estimate of drug-likeness (QED) is 0.241. The van der Waals surface area contributed by atoms with Crippen molar-refractivity contribution in [3.05, 3.63) is 35.4 Å². The Morgan fingerprint density at radius 2 is 1.47 bits per heavy atom. The maximum atomic E-state index is 12.0. The maximum absolute atomic E-state index is 12.0. The van der Waals surface area contributed by atoms with Crippen LogP contribution in [0, 0.1) is 0 Å². The molecule has 1 unspecified atom stereocenters. The third-order valence-electron chi connectivity index (χ3n) is 5.80. The van der Waals surface area contributed by atoms with Crippen LogP contribution in [-0.2, 0) is 17.9 Å². The monoisotopic (exact) mass is 418 g/mol. The molecule has 0 fully saturated rings. The van der Waals surface area contributed by atoms with Gasteiger partial charge < -0.3 is 16.2 Å². The molecule has 1 rings (SSSR count). The Morgan fingerprint density at radius 3 is 2.10 bits per heavy atom. The maximum Gasteiger partial charge on any atom is 0.220 e. The van der Waals surface area contributed by atoms with Gasteiger partial charge in [0.05, 0.1) is 6.10 Å². The summed E-state index contributed by atoms with van der Waals surface area (Å²) in [4.78, 5) is 12.0. The summed E-state index contributed by atoms with van der Waals surface area (Å²) in [5.41, 5.74) is 7.84. The van der Waals surface area contributed by atoms with E-state index in [4.69, 9.17) is 5.73 Å². The van der Waals surface area contributed by atoms with Crippen molar-refractivity contribution in [1.29, 1.82) is 0 Å². The van der Waals surface area contributed by atoms with Crippen LogP contribution in [0.3, 0.4) is 0 Å². The summed E-state index contributed by atoms with van der Waals surface area (Å²) in [6.45, 7) is 3.35. The van der Waals surface area contributed by atoms with E-state index < -0.39 is 0 Å². The normalized spacial score (nSPS) is 12.1. The molecule has 0 aromatic heterocycles. The number of nitrogens with one attached hydrogen (secondary N) is 1. The molecule has 0 saturated heterocycles. The number of amides is 1. The predicted molar refractivity (Wildman–Crippen MR) is 127 cm³/mol. The summed E-state index contributed by atoms with van der Waals surface area (Å²) in [5, 5.41) is 13.1. The number of benzene rings is 1. The van der Waals surface area contributed by atoms with E-state index in [-0.39, 0.29) is 12.0 Å². The van der Waals surface area contributed by atoms with E-state index in [0.29, 0.717) is 19.5 Å². The van der Waals surface area contributed by atoms with Gasteiger partial charge in [-0.15, -0.1) is 0 Å². The topological polar surface area (TPSA) is 75.3 Å². The molecule has 1 atom stereocenters. The number of carbonyl (C=O) groups is 1. The molecular formula is C26H46N2O2. The van der Waals surface area contributed by atoms with E-state index in [1.165, 1.54) is 44.9 Å². The Morgan fingerprint density at radius 1 is 0.900 bits per heavy atom. The first-order valence-corrected chi connectivity index (χ1v) is 12.4. The second-order valence-electron chi connectivity index (χ2n) is 8.67. The average Bonchev–Trinajstić information content (AvgIpc) is 2.76. The number of rotatable bonds is 19. The van der Waals surface area contributed by atoms with Gasteiger partial charge in [-0.25, -0.2) is 0 Å². The Labute approximate surface area is 185 Å². The molecule has 0 radical (unpaired) electrons. The summed E-state index contributed by atoms with van der Waals surface area (Å²) in [7, 11) is 0. The van der Waals surface area contributed by atoms with Crippen LogP contribution >= 0.6 is 0 Å². The fraction of sp³-hybridized carbons (Fsp3) is 0.731. The zero-order valence-electron chi connectivity index (χ0n) is 19.3. The number of aliphatic hydroxyl groups is 1. The molecule has 0 heterocycles. The molecule has 0 saturated carbocycles. The highest BCUT2D eigenvalue weighted by Crippen LogP contribution is 2.14. The zero-order valence-corrected chi connectivity index (χ0v) is 19.3. The molecule has 1 aromatic rings. The SMILES string of the molecule is CCCCCCCCCC(O)CCCCCCCC(=O)NCc1cccc(CN)c1. The van der Waals surface area contributed by atoms with Crippen molar-refractivity contribution in [3.63, 3.8) is 0 Å². The Kier molecular flexibility index (Phi) is 16.3. The largest absolute Gasteiger partial charge is 0.393 e. The van der Waals surface area contributed by atoms with Crippen molar-refractivity contribution in [2.45, 2.75) is 122 Å². The molecule has 1 aromatic carbocycles. The molecule has 0 aliphatic heterocycles. The van der Waals surface area contributed by atoms with Crippen molar-refractivity contribution in [3.8, 4) is 0 Å². The highest BCUT2D eigenvalue weighted by molar-refractivity contribution is 5.75. The molecular weight excluding hydrogens is 372 g/mol. The van der Waals surface area contributed by atoms with E-state index in [1.807, 2.05) is 24.3 Å². The first-order valence-electron chi connectivity index (χ1n) is 12.4. The van der Waals surface area contributed by atoms with E-state index in [9.17, 15) is 9.90 Å². The number of carbonyl (C=O) groups excluding carboxylic acids is 1. The number of aliphatic hydroxyl groups excluding tert-OH is 1. The predicted octanol–water partition coefficient (Wildman–Crippen LogP) is 5.99. The molecule has 30 heavy (non-hydrogen) atoms. The van der Waals surface area contributed by atoms with Gasteiger partial charge in [0.15, 0.2) is 0 Å². The van der Waals surface area contributed by atoms with E-state index in [2.05, 4.69) is 12.2 Å². The second kappa shape index (κ2) is 18.4. The lowest BCUT2D eigenvalue weighted by atomic mass is 10.0. The first kappa shape index (κ1) is 26.6. The molecule has 172 valence electrons. The third-order valence-corrected chi connectivity index (χ3v) is 5.80. The molecule has 4 heteroatoms. The summed E-state index contributed by atoms with van der Waals surface area (Å²) in [6, 6.07) is 8.04. The summed E-state index contributed by atoms with van der Waals surface area (Å²) in [6.07, 6.45) is 16.9. The Hall–Kier alpha value is -1.39. The van der Waals surface area contributed by atoms with Gasteiger partial charge in [-0.05, 0) is 30.4 Å². The number of unbranched alkanes of at least 4 members (excludes halogenated alkanes) is 10. The van der Waals surface area contributed by atoms with Crippen molar-refractivity contribution in [2.24, 2.45) is 5.73 Å². The van der Waals surface area contributed by atoms with Crippen LogP contribution < -0.4 is 11.1 Å². The number of nitrogens with two attached hydrogens (primary N) is 1. The second-order valence-corrected chi connectivity index (χ2v) is 8.67. The summed E-state index contributed by atoms with van der Waals surface area (Å²) < 4.78 is 0. The van der Waals surface area contributed by atoms with Gasteiger partial charge in [-0.1, -0.05) is 102 Å². The van der Waals surface area contributed by atoms with Gasteiger partial charge >= 0.3 is 0 Å². The Balaban J connectivity index is 1.90. The fourth-order valence-corrected chi connectivity index (χ4v) is 3.83.